The summed E-state index contributed by atoms with van der Waals surface area (Å²) in [5, 5.41) is 0. The van der Waals surface area contributed by atoms with Crippen molar-refractivity contribution in [2.45, 2.75) is 46.0 Å². The number of ether oxygens (including phenoxy) is 2. The van der Waals surface area contributed by atoms with E-state index in [1.54, 1.807) is 7.11 Å². The first-order valence-electron chi connectivity index (χ1n) is 9.05. The number of anilines is 1. The predicted molar refractivity (Wildman–Crippen MR) is 104 cm³/mol. The van der Waals surface area contributed by atoms with Crippen molar-refractivity contribution in [1.82, 2.24) is 0 Å². The van der Waals surface area contributed by atoms with Gasteiger partial charge in [-0.3, -0.25) is 4.79 Å². The third-order valence-corrected chi connectivity index (χ3v) is 4.96. The summed E-state index contributed by atoms with van der Waals surface area (Å²) in [4.78, 5) is 12.1. The van der Waals surface area contributed by atoms with E-state index in [1.165, 1.54) is 16.7 Å². The van der Waals surface area contributed by atoms with Gasteiger partial charge in [-0.05, 0) is 80.8 Å². The zero-order valence-corrected chi connectivity index (χ0v) is 16.0. The lowest BCUT2D eigenvalue weighted by molar-refractivity contribution is -0.143. The Morgan fingerprint density at radius 2 is 1.81 bits per heavy atom. The highest BCUT2D eigenvalue weighted by Gasteiger charge is 2.25. The van der Waals surface area contributed by atoms with E-state index in [4.69, 9.17) is 15.2 Å². The molecule has 1 aliphatic carbocycles. The molecule has 0 saturated carbocycles. The largest absolute Gasteiger partial charge is 0.497 e. The Morgan fingerprint density at radius 3 is 2.46 bits per heavy atom. The summed E-state index contributed by atoms with van der Waals surface area (Å²) in [6, 6.07) is 11.9. The Labute approximate surface area is 155 Å². The second-order valence-corrected chi connectivity index (χ2v) is 8.00. The number of fused-ring (bicyclic) bond motifs is 1. The minimum Gasteiger partial charge on any atom is -0.497 e. The number of carbonyl (C=O) groups is 1. The molecular weight excluding hydrogens is 326 g/mol. The summed E-state index contributed by atoms with van der Waals surface area (Å²) >= 11 is 0. The molecule has 0 aliphatic heterocycles. The number of aryl methyl sites for hydroxylation is 1. The molecule has 26 heavy (non-hydrogen) atoms. The summed E-state index contributed by atoms with van der Waals surface area (Å²) < 4.78 is 10.8. The van der Waals surface area contributed by atoms with Crippen molar-refractivity contribution >= 4 is 11.7 Å². The molecule has 2 aromatic rings. The van der Waals surface area contributed by atoms with E-state index in [2.05, 4.69) is 12.1 Å². The van der Waals surface area contributed by atoms with Gasteiger partial charge in [0.25, 0.3) is 0 Å². The molecule has 0 unspecified atom stereocenters. The first-order valence-corrected chi connectivity index (χ1v) is 9.05. The molecule has 1 atom stereocenters. The number of rotatable bonds is 3. The van der Waals surface area contributed by atoms with Crippen molar-refractivity contribution in [2.24, 2.45) is 5.41 Å². The monoisotopic (exact) mass is 353 g/mol. The zero-order chi connectivity index (χ0) is 18.9. The number of benzene rings is 2. The van der Waals surface area contributed by atoms with Crippen molar-refractivity contribution in [1.29, 1.82) is 0 Å². The molecule has 0 spiro atoms. The van der Waals surface area contributed by atoms with Gasteiger partial charge in [-0.25, -0.2) is 0 Å². The third kappa shape index (κ3) is 3.85. The normalized spacial score (nSPS) is 16.7. The second-order valence-electron chi connectivity index (χ2n) is 8.00. The topological polar surface area (TPSA) is 61.5 Å². The maximum Gasteiger partial charge on any atom is 0.316 e. The van der Waals surface area contributed by atoms with Gasteiger partial charge in [0.15, 0.2) is 0 Å². The van der Waals surface area contributed by atoms with Crippen LogP contribution < -0.4 is 15.2 Å². The fourth-order valence-corrected chi connectivity index (χ4v) is 3.37. The smallest absolute Gasteiger partial charge is 0.316 e. The summed E-state index contributed by atoms with van der Waals surface area (Å²) in [5.74, 6) is 1.60. The number of hydrogen-bond donors (Lipinski definition) is 1. The number of methoxy groups -OCH3 is 1. The molecule has 138 valence electrons. The van der Waals surface area contributed by atoms with Gasteiger partial charge in [0.1, 0.15) is 11.5 Å². The van der Waals surface area contributed by atoms with Crippen LogP contribution in [0.2, 0.25) is 0 Å². The Kier molecular flexibility index (Phi) is 4.94. The number of nitrogen functional groups attached to an aromatic ring is 1. The standard InChI is InChI=1S/C22H27NO3/c1-22(2,3)21(24)26-18-8-7-14-11-16(6-5-15(14)12-18)19-10-9-17(25-4)13-20(19)23/h7-10,12-13,16H,5-6,11,23H2,1-4H3/t16-/m1/s1. The summed E-state index contributed by atoms with van der Waals surface area (Å²) in [7, 11) is 1.65. The summed E-state index contributed by atoms with van der Waals surface area (Å²) in [5.41, 5.74) is 10.2. The van der Waals surface area contributed by atoms with Crippen LogP contribution in [0.1, 0.15) is 49.8 Å². The molecular formula is C22H27NO3. The van der Waals surface area contributed by atoms with Crippen molar-refractivity contribution in [3.8, 4) is 11.5 Å². The van der Waals surface area contributed by atoms with Gasteiger partial charge >= 0.3 is 5.97 Å². The maximum absolute atomic E-state index is 12.1. The lowest BCUT2D eigenvalue weighted by Gasteiger charge is -2.26. The fraction of sp³-hybridized carbons (Fsp3) is 0.409. The molecule has 0 aromatic heterocycles. The second kappa shape index (κ2) is 7.02. The minimum atomic E-state index is -0.507. The Balaban J connectivity index is 1.77. The molecule has 4 heteroatoms. The highest BCUT2D eigenvalue weighted by Crippen LogP contribution is 2.37. The van der Waals surface area contributed by atoms with Crippen LogP contribution in [0.4, 0.5) is 5.69 Å². The summed E-state index contributed by atoms with van der Waals surface area (Å²) in [6.45, 7) is 5.58. The van der Waals surface area contributed by atoms with E-state index in [-0.39, 0.29) is 5.97 Å². The van der Waals surface area contributed by atoms with Crippen molar-refractivity contribution < 1.29 is 14.3 Å². The third-order valence-electron chi connectivity index (χ3n) is 4.96. The Morgan fingerprint density at radius 1 is 1.08 bits per heavy atom. The van der Waals surface area contributed by atoms with Crippen LogP contribution in [-0.4, -0.2) is 13.1 Å². The molecule has 0 fully saturated rings. The first kappa shape index (κ1) is 18.3. The number of carbonyl (C=O) groups excluding carboxylic acids is 1. The van der Waals surface area contributed by atoms with Crippen molar-refractivity contribution in [2.75, 3.05) is 12.8 Å². The number of hydrogen-bond acceptors (Lipinski definition) is 4. The van der Waals surface area contributed by atoms with Crippen molar-refractivity contribution in [3.63, 3.8) is 0 Å². The molecule has 0 amide bonds. The van der Waals surface area contributed by atoms with Gasteiger partial charge < -0.3 is 15.2 Å². The van der Waals surface area contributed by atoms with Crippen LogP contribution in [0.3, 0.4) is 0 Å². The molecule has 2 N–H and O–H groups in total. The maximum atomic E-state index is 12.1. The van der Waals surface area contributed by atoms with Crippen LogP contribution in [0.25, 0.3) is 0 Å². The molecule has 2 aromatic carbocycles. The molecule has 4 nitrogen and oxygen atoms in total. The molecule has 0 bridgehead atoms. The van der Waals surface area contributed by atoms with Crippen LogP contribution in [0.15, 0.2) is 36.4 Å². The van der Waals surface area contributed by atoms with E-state index in [1.807, 2.05) is 45.0 Å². The number of esters is 1. The van der Waals surface area contributed by atoms with E-state index in [0.29, 0.717) is 11.7 Å². The van der Waals surface area contributed by atoms with Crippen LogP contribution in [-0.2, 0) is 17.6 Å². The molecule has 0 saturated heterocycles. The fourth-order valence-electron chi connectivity index (χ4n) is 3.37. The number of nitrogens with two attached hydrogens (primary N) is 1. The Bertz CT molecular complexity index is 821. The van der Waals surface area contributed by atoms with Crippen LogP contribution in [0, 0.1) is 5.41 Å². The minimum absolute atomic E-state index is 0.211. The molecule has 1 aliphatic rings. The molecule has 0 heterocycles. The molecule has 3 rings (SSSR count). The highest BCUT2D eigenvalue weighted by molar-refractivity contribution is 5.77. The lowest BCUT2D eigenvalue weighted by Crippen LogP contribution is -2.25. The van der Waals surface area contributed by atoms with Crippen molar-refractivity contribution in [3.05, 3.63) is 53.1 Å². The quantitative estimate of drug-likeness (QED) is 0.501. The van der Waals surface area contributed by atoms with Crippen LogP contribution in [0.5, 0.6) is 11.5 Å². The van der Waals surface area contributed by atoms with Crippen LogP contribution >= 0.6 is 0 Å². The first-order chi connectivity index (χ1) is 12.3. The van der Waals surface area contributed by atoms with E-state index >= 15 is 0 Å². The predicted octanol–water partition coefficient (Wildman–Crippen LogP) is 4.50. The van der Waals surface area contributed by atoms with E-state index < -0.39 is 5.41 Å². The van der Waals surface area contributed by atoms with Gasteiger partial charge in [0.05, 0.1) is 12.5 Å². The molecule has 0 radical (unpaired) electrons. The Hall–Kier alpha value is -2.49. The van der Waals surface area contributed by atoms with Gasteiger partial charge in [0, 0.05) is 11.8 Å². The van der Waals surface area contributed by atoms with Gasteiger partial charge in [-0.15, -0.1) is 0 Å². The van der Waals surface area contributed by atoms with Gasteiger partial charge in [-0.1, -0.05) is 12.1 Å². The SMILES string of the molecule is COc1ccc([C@@H]2CCc3cc(OC(=O)C(C)(C)C)ccc3C2)c(N)c1. The average Bonchev–Trinajstić information content (AvgIpc) is 2.60. The van der Waals surface area contributed by atoms with E-state index in [9.17, 15) is 4.79 Å². The lowest BCUT2D eigenvalue weighted by atomic mass is 9.79. The highest BCUT2D eigenvalue weighted by atomic mass is 16.5. The zero-order valence-electron chi connectivity index (χ0n) is 16.0. The summed E-state index contributed by atoms with van der Waals surface area (Å²) in [6.07, 6.45) is 2.92. The van der Waals surface area contributed by atoms with Gasteiger partial charge in [0.2, 0.25) is 0 Å². The van der Waals surface area contributed by atoms with Gasteiger partial charge in [-0.2, -0.15) is 0 Å². The average molecular weight is 353 g/mol. The van der Waals surface area contributed by atoms with E-state index in [0.717, 1.165) is 30.7 Å².